The monoisotopic (exact) mass is 431 g/mol. The van der Waals surface area contributed by atoms with E-state index in [1.54, 1.807) is 0 Å². The topological polar surface area (TPSA) is 147 Å². The van der Waals surface area contributed by atoms with E-state index >= 15 is 0 Å². The highest BCUT2D eigenvalue weighted by molar-refractivity contribution is 6.39. The van der Waals surface area contributed by atoms with Gasteiger partial charge in [0.25, 0.3) is 29.3 Å². The Labute approximate surface area is 179 Å². The number of aliphatic hydroxyl groups excluding tert-OH is 1. The summed E-state index contributed by atoms with van der Waals surface area (Å²) in [5, 5.41) is 23.4. The number of carbonyl (C=O) groups is 4. The molecule has 0 atom stereocenters. The van der Waals surface area contributed by atoms with Crippen LogP contribution in [0.2, 0.25) is 0 Å². The molecule has 3 aromatic carbocycles. The molecule has 0 saturated heterocycles. The Balaban J connectivity index is 1.75. The summed E-state index contributed by atoms with van der Waals surface area (Å²) in [7, 11) is 0. The summed E-state index contributed by atoms with van der Waals surface area (Å²) < 4.78 is 0. The van der Waals surface area contributed by atoms with Gasteiger partial charge in [0.2, 0.25) is 0 Å². The first-order chi connectivity index (χ1) is 15.3. The molecule has 3 aromatic rings. The van der Waals surface area contributed by atoms with Gasteiger partial charge in [-0.3, -0.25) is 34.6 Å². The van der Waals surface area contributed by atoms with Gasteiger partial charge in [0.05, 0.1) is 4.92 Å². The number of nitrogens with one attached hydrogen (secondary N) is 1. The molecule has 32 heavy (non-hydrogen) atoms. The van der Waals surface area contributed by atoms with Crippen LogP contribution in [0.3, 0.4) is 0 Å². The Bertz CT molecular complexity index is 1360. The lowest BCUT2D eigenvalue weighted by atomic mass is 9.86. The fourth-order valence-corrected chi connectivity index (χ4v) is 4.21. The fraction of sp³-hybridized carbons (Fsp3) is 0.0909. The lowest BCUT2D eigenvalue weighted by molar-refractivity contribution is -0.384. The van der Waals surface area contributed by atoms with E-state index in [4.69, 9.17) is 5.11 Å². The number of carbonyl (C=O) groups excluding carboxylic acids is 4. The Morgan fingerprint density at radius 1 is 0.844 bits per heavy atom. The number of rotatable bonds is 4. The molecule has 2 aliphatic rings. The van der Waals surface area contributed by atoms with Crippen molar-refractivity contribution in [1.82, 2.24) is 5.32 Å². The van der Waals surface area contributed by atoms with Crippen LogP contribution in [-0.2, 0) is 6.42 Å². The molecule has 4 amide bonds. The zero-order chi connectivity index (χ0) is 22.7. The van der Waals surface area contributed by atoms with Gasteiger partial charge in [0, 0.05) is 45.7 Å². The summed E-state index contributed by atoms with van der Waals surface area (Å²) >= 11 is 0. The zero-order valence-electron chi connectivity index (χ0n) is 16.2. The first-order valence-corrected chi connectivity index (χ1v) is 9.56. The normalized spacial score (nSPS) is 14.7. The summed E-state index contributed by atoms with van der Waals surface area (Å²) in [4.78, 5) is 62.9. The van der Waals surface area contributed by atoms with Gasteiger partial charge in [-0.2, -0.15) is 0 Å². The molecular weight excluding hydrogens is 418 g/mol. The molecule has 158 valence electrons. The molecule has 0 unspecified atom stereocenters. The van der Waals surface area contributed by atoms with Crippen LogP contribution < -0.4 is 10.2 Å². The molecule has 0 aromatic heterocycles. The second-order valence-corrected chi connectivity index (χ2v) is 7.35. The molecule has 0 saturated carbocycles. The van der Waals surface area contributed by atoms with E-state index < -0.39 is 34.2 Å². The number of aliphatic hydroxyl groups is 1. The second kappa shape index (κ2) is 6.79. The minimum atomic E-state index is -0.803. The highest BCUT2D eigenvalue weighted by atomic mass is 16.6. The molecule has 2 aliphatic heterocycles. The predicted molar refractivity (Wildman–Crippen MR) is 111 cm³/mol. The lowest BCUT2D eigenvalue weighted by Gasteiger charge is -2.29. The molecule has 2 heterocycles. The highest BCUT2D eigenvalue weighted by Gasteiger charge is 2.40. The number of anilines is 1. The molecule has 0 radical (unpaired) electrons. The van der Waals surface area contributed by atoms with Gasteiger partial charge in [-0.05, 0) is 42.3 Å². The maximum atomic E-state index is 13.3. The van der Waals surface area contributed by atoms with E-state index in [0.717, 1.165) is 4.90 Å². The maximum Gasteiger partial charge on any atom is 0.293 e. The van der Waals surface area contributed by atoms with Crippen molar-refractivity contribution in [3.05, 3.63) is 80.4 Å². The van der Waals surface area contributed by atoms with Crippen LogP contribution >= 0.6 is 0 Å². The number of nitro benzene ring substituents is 1. The molecule has 10 heteroatoms. The van der Waals surface area contributed by atoms with E-state index in [1.807, 2.05) is 0 Å². The van der Waals surface area contributed by atoms with E-state index in [2.05, 4.69) is 5.32 Å². The van der Waals surface area contributed by atoms with Crippen LogP contribution in [0, 0.1) is 10.1 Å². The molecule has 5 rings (SSSR count). The predicted octanol–water partition coefficient (Wildman–Crippen LogP) is 1.97. The largest absolute Gasteiger partial charge is 0.396 e. The van der Waals surface area contributed by atoms with Crippen LogP contribution in [0.4, 0.5) is 11.4 Å². The van der Waals surface area contributed by atoms with Crippen LogP contribution in [0.5, 0.6) is 0 Å². The average Bonchev–Trinajstić information content (AvgIpc) is 2.76. The summed E-state index contributed by atoms with van der Waals surface area (Å²) in [6.45, 7) is -0.218. The van der Waals surface area contributed by atoms with Crippen molar-refractivity contribution in [3.63, 3.8) is 0 Å². The number of hydrogen-bond donors (Lipinski definition) is 2. The van der Waals surface area contributed by atoms with Crippen molar-refractivity contribution in [3.8, 4) is 0 Å². The fourth-order valence-electron chi connectivity index (χ4n) is 4.21. The molecular formula is C22H13N3O7. The highest BCUT2D eigenvalue weighted by Crippen LogP contribution is 2.39. The third kappa shape index (κ3) is 2.56. The summed E-state index contributed by atoms with van der Waals surface area (Å²) in [5.41, 5.74) is 0.235. The minimum Gasteiger partial charge on any atom is -0.396 e. The van der Waals surface area contributed by atoms with Gasteiger partial charge < -0.3 is 5.11 Å². The number of hydrogen-bond acceptors (Lipinski definition) is 7. The average molecular weight is 431 g/mol. The van der Waals surface area contributed by atoms with Crippen LogP contribution in [-0.4, -0.2) is 40.3 Å². The molecule has 0 aliphatic carbocycles. The summed E-state index contributed by atoms with van der Waals surface area (Å²) in [5.74, 6) is -2.88. The van der Waals surface area contributed by atoms with Crippen molar-refractivity contribution in [2.75, 3.05) is 11.5 Å². The molecule has 2 N–H and O–H groups in total. The zero-order valence-corrected chi connectivity index (χ0v) is 16.2. The maximum absolute atomic E-state index is 13.3. The van der Waals surface area contributed by atoms with Gasteiger partial charge in [-0.25, -0.2) is 4.90 Å². The quantitative estimate of drug-likeness (QED) is 0.365. The Morgan fingerprint density at radius 2 is 1.38 bits per heavy atom. The van der Waals surface area contributed by atoms with Crippen molar-refractivity contribution < 1.29 is 29.2 Å². The second-order valence-electron chi connectivity index (χ2n) is 7.35. The summed E-state index contributed by atoms with van der Waals surface area (Å²) in [6.07, 6.45) is 0.173. The SMILES string of the molecule is O=C1NC(=O)c2ccc3c4c(ccc1c24)C(=O)N(c1ccc(CCO)cc1[N+](=O)[O-])C3=O. The van der Waals surface area contributed by atoms with Crippen molar-refractivity contribution >= 4 is 45.8 Å². The Morgan fingerprint density at radius 3 is 1.91 bits per heavy atom. The van der Waals surface area contributed by atoms with Crippen LogP contribution in [0.15, 0.2) is 42.5 Å². The lowest BCUT2D eigenvalue weighted by Crippen LogP contribution is -2.42. The third-order valence-corrected chi connectivity index (χ3v) is 5.62. The third-order valence-electron chi connectivity index (χ3n) is 5.62. The number of nitro groups is 1. The van der Waals surface area contributed by atoms with Gasteiger partial charge in [0.1, 0.15) is 5.69 Å². The van der Waals surface area contributed by atoms with Crippen LogP contribution in [0.25, 0.3) is 10.8 Å². The molecule has 0 fully saturated rings. The molecule has 0 bridgehead atoms. The van der Waals surface area contributed by atoms with Crippen LogP contribution in [0.1, 0.15) is 47.0 Å². The number of benzene rings is 3. The van der Waals surface area contributed by atoms with Gasteiger partial charge in [-0.15, -0.1) is 0 Å². The first-order valence-electron chi connectivity index (χ1n) is 9.56. The number of nitrogens with zero attached hydrogens (tertiary/aromatic N) is 2. The van der Waals surface area contributed by atoms with E-state index in [9.17, 15) is 29.3 Å². The van der Waals surface area contributed by atoms with Crippen molar-refractivity contribution in [2.45, 2.75) is 6.42 Å². The number of amides is 4. The Kier molecular flexibility index (Phi) is 4.14. The van der Waals surface area contributed by atoms with Crippen molar-refractivity contribution in [2.24, 2.45) is 0 Å². The van der Waals surface area contributed by atoms with E-state index in [-0.39, 0.29) is 51.7 Å². The Hall–Kier alpha value is -4.44. The minimum absolute atomic E-state index is 0.0523. The molecule has 10 nitrogen and oxygen atoms in total. The van der Waals surface area contributed by atoms with E-state index in [1.165, 1.54) is 42.5 Å². The smallest absolute Gasteiger partial charge is 0.293 e. The molecule has 0 spiro atoms. The van der Waals surface area contributed by atoms with Gasteiger partial charge in [-0.1, -0.05) is 6.07 Å². The van der Waals surface area contributed by atoms with Gasteiger partial charge >= 0.3 is 0 Å². The first kappa shape index (κ1) is 19.5. The van der Waals surface area contributed by atoms with Gasteiger partial charge in [0.15, 0.2) is 0 Å². The summed E-state index contributed by atoms with van der Waals surface area (Å²) in [6, 6.07) is 9.52. The van der Waals surface area contributed by atoms with Crippen molar-refractivity contribution in [1.29, 1.82) is 0 Å². The number of imide groups is 2. The standard InChI is InChI=1S/C22H13N3O7/c26-8-7-10-1-6-15(16(9-10)25(31)32)24-21(29)13-4-2-11-17-12(20(28)23-19(11)27)3-5-14(18(13)17)22(24)30/h1-6,9,26H,7-8H2,(H,23,27,28). The van der Waals surface area contributed by atoms with E-state index in [0.29, 0.717) is 5.56 Å².